The molecule has 0 aliphatic heterocycles. The molecule has 0 aromatic heterocycles. The highest BCUT2D eigenvalue weighted by Gasteiger charge is 2.33. The largest absolute Gasteiger partial charge is 0.478 e. The van der Waals surface area contributed by atoms with Crippen molar-refractivity contribution in [3.63, 3.8) is 0 Å². The Morgan fingerprint density at radius 1 is 1.22 bits per heavy atom. The number of carboxylic acid groups (broad SMARTS) is 1. The average Bonchev–Trinajstić information content (AvgIpc) is 2.38. The topological polar surface area (TPSA) is 46.5 Å². The van der Waals surface area contributed by atoms with Crippen LogP contribution >= 0.6 is 0 Å². The number of hydrogen-bond acceptors (Lipinski definition) is 2. The fraction of sp³-hybridized carbons (Fsp3) is 0.267. The summed E-state index contributed by atoms with van der Waals surface area (Å²) in [4.78, 5) is 11.2. The average molecular weight is 244 g/mol. The predicted molar refractivity (Wildman–Crippen MR) is 70.9 cm³/mol. The molecule has 0 aliphatic carbocycles. The molecular formula is C15H16O3. The van der Waals surface area contributed by atoms with Crippen molar-refractivity contribution in [1.29, 1.82) is 0 Å². The second-order valence-electron chi connectivity index (χ2n) is 4.50. The SMILES string of the molecule is CCC(C)(Oc1ccc2ccccc2c1)C(=O)O. The third kappa shape index (κ3) is 2.30. The van der Waals surface area contributed by atoms with Crippen LogP contribution in [0.2, 0.25) is 0 Å². The number of benzene rings is 2. The Labute approximate surface area is 106 Å². The van der Waals surface area contributed by atoms with Crippen LogP contribution in [0.15, 0.2) is 42.5 Å². The first-order chi connectivity index (χ1) is 8.55. The van der Waals surface area contributed by atoms with Crippen LogP contribution in [0, 0.1) is 0 Å². The van der Waals surface area contributed by atoms with Crippen LogP contribution in [-0.2, 0) is 4.79 Å². The lowest BCUT2D eigenvalue weighted by molar-refractivity contribution is -0.154. The first kappa shape index (κ1) is 12.4. The molecule has 0 saturated heterocycles. The maximum atomic E-state index is 11.2. The van der Waals surface area contributed by atoms with E-state index in [1.54, 1.807) is 19.9 Å². The zero-order valence-corrected chi connectivity index (χ0v) is 10.5. The number of aliphatic carboxylic acids is 1. The number of carboxylic acids is 1. The van der Waals surface area contributed by atoms with Gasteiger partial charge in [0.15, 0.2) is 0 Å². The Balaban J connectivity index is 2.34. The van der Waals surface area contributed by atoms with Crippen LogP contribution in [0.5, 0.6) is 5.75 Å². The summed E-state index contributed by atoms with van der Waals surface area (Å²) in [6.45, 7) is 3.39. The highest BCUT2D eigenvalue weighted by Crippen LogP contribution is 2.25. The Morgan fingerprint density at radius 2 is 1.89 bits per heavy atom. The molecule has 0 spiro atoms. The van der Waals surface area contributed by atoms with Crippen molar-refractivity contribution in [2.75, 3.05) is 0 Å². The summed E-state index contributed by atoms with van der Waals surface area (Å²) in [5, 5.41) is 11.3. The van der Waals surface area contributed by atoms with Gasteiger partial charge in [-0.2, -0.15) is 0 Å². The third-order valence-electron chi connectivity index (χ3n) is 3.19. The van der Waals surface area contributed by atoms with Crippen molar-refractivity contribution >= 4 is 16.7 Å². The van der Waals surface area contributed by atoms with Crippen LogP contribution < -0.4 is 4.74 Å². The van der Waals surface area contributed by atoms with Crippen LogP contribution in [0.25, 0.3) is 10.8 Å². The van der Waals surface area contributed by atoms with Crippen molar-refractivity contribution in [1.82, 2.24) is 0 Å². The molecule has 0 fully saturated rings. The first-order valence-corrected chi connectivity index (χ1v) is 5.96. The molecule has 0 radical (unpaired) electrons. The van der Waals surface area contributed by atoms with E-state index in [9.17, 15) is 9.90 Å². The number of rotatable bonds is 4. The van der Waals surface area contributed by atoms with E-state index in [1.165, 1.54) is 0 Å². The lowest BCUT2D eigenvalue weighted by atomic mass is 10.0. The Bertz CT molecular complexity index is 577. The van der Waals surface area contributed by atoms with E-state index in [1.807, 2.05) is 36.4 Å². The molecule has 0 aliphatic rings. The number of hydrogen-bond donors (Lipinski definition) is 1. The van der Waals surface area contributed by atoms with Gasteiger partial charge in [-0.25, -0.2) is 4.79 Å². The molecule has 94 valence electrons. The van der Waals surface area contributed by atoms with Gasteiger partial charge in [0.05, 0.1) is 0 Å². The van der Waals surface area contributed by atoms with Gasteiger partial charge in [0, 0.05) is 0 Å². The fourth-order valence-electron chi connectivity index (χ4n) is 1.76. The number of ether oxygens (including phenoxy) is 1. The zero-order chi connectivity index (χ0) is 13.2. The number of fused-ring (bicyclic) bond motifs is 1. The zero-order valence-electron chi connectivity index (χ0n) is 10.5. The second-order valence-corrected chi connectivity index (χ2v) is 4.50. The minimum Gasteiger partial charge on any atom is -0.478 e. The van der Waals surface area contributed by atoms with E-state index >= 15 is 0 Å². The molecule has 1 unspecified atom stereocenters. The summed E-state index contributed by atoms with van der Waals surface area (Å²) >= 11 is 0. The van der Waals surface area contributed by atoms with E-state index in [-0.39, 0.29) is 0 Å². The molecule has 2 aromatic carbocycles. The third-order valence-corrected chi connectivity index (χ3v) is 3.19. The van der Waals surface area contributed by atoms with Gasteiger partial charge in [-0.15, -0.1) is 0 Å². The fourth-order valence-corrected chi connectivity index (χ4v) is 1.76. The van der Waals surface area contributed by atoms with Gasteiger partial charge < -0.3 is 9.84 Å². The van der Waals surface area contributed by atoms with E-state index in [2.05, 4.69) is 0 Å². The van der Waals surface area contributed by atoms with Crippen molar-refractivity contribution in [3.8, 4) is 5.75 Å². The van der Waals surface area contributed by atoms with E-state index < -0.39 is 11.6 Å². The molecule has 3 heteroatoms. The van der Waals surface area contributed by atoms with E-state index in [0.29, 0.717) is 12.2 Å². The smallest absolute Gasteiger partial charge is 0.347 e. The minimum absolute atomic E-state index is 0.412. The maximum absolute atomic E-state index is 11.2. The summed E-state index contributed by atoms with van der Waals surface area (Å²) < 4.78 is 5.62. The van der Waals surface area contributed by atoms with E-state index in [0.717, 1.165) is 10.8 Å². The van der Waals surface area contributed by atoms with Gasteiger partial charge in [0.2, 0.25) is 5.60 Å². The first-order valence-electron chi connectivity index (χ1n) is 5.96. The lowest BCUT2D eigenvalue weighted by Gasteiger charge is -2.24. The van der Waals surface area contributed by atoms with E-state index in [4.69, 9.17) is 4.74 Å². The molecule has 3 nitrogen and oxygen atoms in total. The molecule has 2 rings (SSSR count). The molecule has 1 atom stereocenters. The molecule has 2 aromatic rings. The lowest BCUT2D eigenvalue weighted by Crippen LogP contribution is -2.40. The van der Waals surface area contributed by atoms with Crippen LogP contribution in [0.1, 0.15) is 20.3 Å². The molecule has 0 amide bonds. The van der Waals surface area contributed by atoms with Gasteiger partial charge in [-0.3, -0.25) is 0 Å². The van der Waals surface area contributed by atoms with Gasteiger partial charge in [-0.1, -0.05) is 37.3 Å². The van der Waals surface area contributed by atoms with Crippen LogP contribution in [-0.4, -0.2) is 16.7 Å². The summed E-state index contributed by atoms with van der Waals surface area (Å²) in [6.07, 6.45) is 0.412. The van der Waals surface area contributed by atoms with Crippen LogP contribution in [0.3, 0.4) is 0 Å². The quantitative estimate of drug-likeness (QED) is 0.895. The summed E-state index contributed by atoms with van der Waals surface area (Å²) in [5.41, 5.74) is -1.18. The van der Waals surface area contributed by atoms with Gasteiger partial charge in [0.1, 0.15) is 5.75 Å². The molecular weight excluding hydrogens is 228 g/mol. The van der Waals surface area contributed by atoms with Gasteiger partial charge in [0.25, 0.3) is 0 Å². The van der Waals surface area contributed by atoms with Crippen molar-refractivity contribution in [2.45, 2.75) is 25.9 Å². The maximum Gasteiger partial charge on any atom is 0.347 e. The van der Waals surface area contributed by atoms with Crippen LogP contribution in [0.4, 0.5) is 0 Å². The van der Waals surface area contributed by atoms with Gasteiger partial charge >= 0.3 is 5.97 Å². The predicted octanol–water partition coefficient (Wildman–Crippen LogP) is 3.47. The highest BCUT2D eigenvalue weighted by atomic mass is 16.5. The summed E-state index contributed by atoms with van der Waals surface area (Å²) in [5.74, 6) is -0.362. The standard InChI is InChI=1S/C15H16O3/c1-3-15(2,14(16)17)18-13-9-8-11-6-4-5-7-12(11)10-13/h4-10H,3H2,1-2H3,(H,16,17). The minimum atomic E-state index is -1.18. The molecule has 0 bridgehead atoms. The van der Waals surface area contributed by atoms with Crippen molar-refractivity contribution < 1.29 is 14.6 Å². The highest BCUT2D eigenvalue weighted by molar-refractivity contribution is 5.84. The van der Waals surface area contributed by atoms with Gasteiger partial charge in [-0.05, 0) is 36.2 Å². The van der Waals surface area contributed by atoms with Crippen molar-refractivity contribution in [3.05, 3.63) is 42.5 Å². The normalized spacial score (nSPS) is 14.1. The molecule has 18 heavy (non-hydrogen) atoms. The Kier molecular flexibility index (Phi) is 3.24. The second kappa shape index (κ2) is 4.69. The summed E-state index contributed by atoms with van der Waals surface area (Å²) in [7, 11) is 0. The molecule has 0 saturated carbocycles. The Hall–Kier alpha value is -2.03. The molecule has 1 N–H and O–H groups in total. The summed E-state index contributed by atoms with van der Waals surface area (Å²) in [6, 6.07) is 13.5. The number of carbonyl (C=O) groups is 1. The van der Waals surface area contributed by atoms with Crippen molar-refractivity contribution in [2.24, 2.45) is 0 Å². The molecule has 0 heterocycles. The Morgan fingerprint density at radius 3 is 2.50 bits per heavy atom. The monoisotopic (exact) mass is 244 g/mol.